The topological polar surface area (TPSA) is 111 Å². The van der Waals surface area contributed by atoms with Gasteiger partial charge in [0.1, 0.15) is 28.8 Å². The van der Waals surface area contributed by atoms with Crippen molar-refractivity contribution in [3.8, 4) is 11.5 Å². The maximum absolute atomic E-state index is 15.3. The van der Waals surface area contributed by atoms with Crippen LogP contribution in [-0.4, -0.2) is 49.7 Å². The highest BCUT2D eigenvalue weighted by molar-refractivity contribution is 6.15. The number of halogens is 2. The van der Waals surface area contributed by atoms with Crippen molar-refractivity contribution in [1.29, 1.82) is 0 Å². The Hall–Kier alpha value is -4.35. The van der Waals surface area contributed by atoms with Gasteiger partial charge in [0.15, 0.2) is 11.6 Å². The number of anilines is 2. The summed E-state index contributed by atoms with van der Waals surface area (Å²) in [7, 11) is 1.58. The van der Waals surface area contributed by atoms with Crippen molar-refractivity contribution in [3.63, 3.8) is 0 Å². The van der Waals surface area contributed by atoms with Crippen LogP contribution in [0.15, 0.2) is 60.5 Å². The highest BCUT2D eigenvalue weighted by Gasteiger charge is 2.51. The molecule has 2 aliphatic rings. The molecule has 0 aliphatic heterocycles. The van der Waals surface area contributed by atoms with E-state index in [1.807, 2.05) is 0 Å². The smallest absolute Gasteiger partial charge is 0.240 e. The van der Waals surface area contributed by atoms with Crippen LogP contribution in [-0.2, 0) is 25.5 Å². The molecular formula is C33H36F2N4O5. The number of pyridine rings is 1. The van der Waals surface area contributed by atoms with Gasteiger partial charge in [-0.25, -0.2) is 8.78 Å². The molecule has 5 rings (SSSR count). The van der Waals surface area contributed by atoms with E-state index in [-0.39, 0.29) is 17.5 Å². The number of carbonyl (C=O) groups excluding carboxylic acids is 2. The molecule has 1 heterocycles. The first-order valence-electron chi connectivity index (χ1n) is 14.7. The van der Waals surface area contributed by atoms with Gasteiger partial charge >= 0.3 is 0 Å². The maximum Gasteiger partial charge on any atom is 0.240 e. The fourth-order valence-corrected chi connectivity index (χ4v) is 5.25. The van der Waals surface area contributed by atoms with Crippen molar-refractivity contribution in [2.75, 3.05) is 37.4 Å². The molecule has 2 aliphatic carbocycles. The van der Waals surface area contributed by atoms with Gasteiger partial charge in [0, 0.05) is 42.2 Å². The first kappa shape index (κ1) is 31.1. The summed E-state index contributed by atoms with van der Waals surface area (Å²) in [6, 6.07) is 11.0. The summed E-state index contributed by atoms with van der Waals surface area (Å²) in [6.07, 6.45) is 5.87. The summed E-state index contributed by atoms with van der Waals surface area (Å²) in [6.45, 7) is 4.40. The Kier molecular flexibility index (Phi) is 9.86. The van der Waals surface area contributed by atoms with Crippen LogP contribution in [0.2, 0.25) is 0 Å². The van der Waals surface area contributed by atoms with E-state index < -0.39 is 28.9 Å². The van der Waals surface area contributed by atoms with E-state index in [4.69, 9.17) is 14.2 Å². The SMILES string of the molecule is CCNCCCO[C@H]1Cc2nccc(Oc3ccc(NC(=O)C4(C(=O)Nc5ccc(F)cc5)CCC4)cc3F)c2C=C1OC. The predicted octanol–water partition coefficient (Wildman–Crippen LogP) is 5.83. The van der Waals surface area contributed by atoms with Crippen LogP contribution < -0.4 is 20.7 Å². The Bertz CT molecular complexity index is 1530. The summed E-state index contributed by atoms with van der Waals surface area (Å²) >= 11 is 0. The molecule has 1 atom stereocenters. The minimum atomic E-state index is -1.30. The normalized spacial score (nSPS) is 16.6. The third-order valence-electron chi connectivity index (χ3n) is 7.91. The fraction of sp³-hybridized carbons (Fsp3) is 0.364. The molecule has 9 nitrogen and oxygen atoms in total. The monoisotopic (exact) mass is 606 g/mol. The largest absolute Gasteiger partial charge is 0.498 e. The fourth-order valence-electron chi connectivity index (χ4n) is 5.25. The van der Waals surface area contributed by atoms with Crippen LogP contribution in [0, 0.1) is 17.0 Å². The Morgan fingerprint density at radius 1 is 1.00 bits per heavy atom. The van der Waals surface area contributed by atoms with Gasteiger partial charge in [0.25, 0.3) is 0 Å². The molecule has 0 bridgehead atoms. The second-order valence-corrected chi connectivity index (χ2v) is 10.8. The third-order valence-corrected chi connectivity index (χ3v) is 7.91. The first-order chi connectivity index (χ1) is 21.3. The summed E-state index contributed by atoms with van der Waals surface area (Å²) in [4.78, 5) is 30.8. The van der Waals surface area contributed by atoms with Crippen LogP contribution in [0.3, 0.4) is 0 Å². The van der Waals surface area contributed by atoms with Crippen LogP contribution in [0.1, 0.15) is 43.9 Å². The average molecular weight is 607 g/mol. The molecule has 232 valence electrons. The molecule has 1 fully saturated rings. The lowest BCUT2D eigenvalue weighted by atomic mass is 9.67. The molecule has 0 spiro atoms. The van der Waals surface area contributed by atoms with Crippen molar-refractivity contribution >= 4 is 29.3 Å². The van der Waals surface area contributed by atoms with Crippen LogP contribution in [0.25, 0.3) is 6.08 Å². The van der Waals surface area contributed by atoms with Gasteiger partial charge in [-0.05, 0) is 80.9 Å². The Labute approximate surface area is 255 Å². The molecule has 2 aromatic carbocycles. The lowest BCUT2D eigenvalue weighted by Crippen LogP contribution is -2.50. The Balaban J connectivity index is 1.25. The molecule has 2 amide bonds. The first-order valence-corrected chi connectivity index (χ1v) is 14.7. The molecule has 0 unspecified atom stereocenters. The molecule has 3 aromatic rings. The number of methoxy groups -OCH3 is 1. The average Bonchev–Trinajstić information content (AvgIpc) is 2.98. The van der Waals surface area contributed by atoms with E-state index >= 15 is 4.39 Å². The summed E-state index contributed by atoms with van der Waals surface area (Å²) in [5, 5.41) is 8.64. The molecule has 3 N–H and O–H groups in total. The quantitative estimate of drug-likeness (QED) is 0.166. The summed E-state index contributed by atoms with van der Waals surface area (Å²) in [5.74, 6) is -1.16. The zero-order valence-electron chi connectivity index (χ0n) is 24.8. The number of fused-ring (bicyclic) bond motifs is 1. The van der Waals surface area contributed by atoms with E-state index in [2.05, 4.69) is 27.9 Å². The second-order valence-electron chi connectivity index (χ2n) is 10.8. The molecular weight excluding hydrogens is 570 g/mol. The number of hydrogen-bond acceptors (Lipinski definition) is 7. The van der Waals surface area contributed by atoms with Gasteiger partial charge in [-0.2, -0.15) is 0 Å². The highest BCUT2D eigenvalue weighted by Crippen LogP contribution is 2.43. The lowest BCUT2D eigenvalue weighted by Gasteiger charge is -2.38. The number of hydrogen-bond donors (Lipinski definition) is 3. The number of nitrogens with one attached hydrogen (secondary N) is 3. The Morgan fingerprint density at radius 3 is 2.39 bits per heavy atom. The zero-order chi connectivity index (χ0) is 31.1. The highest BCUT2D eigenvalue weighted by atomic mass is 19.1. The number of carbonyl (C=O) groups is 2. The van der Waals surface area contributed by atoms with Crippen molar-refractivity contribution in [3.05, 3.63) is 83.4 Å². The van der Waals surface area contributed by atoms with Gasteiger partial charge in [0.05, 0.1) is 12.8 Å². The van der Waals surface area contributed by atoms with E-state index in [1.165, 1.54) is 36.4 Å². The molecule has 0 radical (unpaired) electrons. The summed E-state index contributed by atoms with van der Waals surface area (Å²) in [5.41, 5.74) is 0.696. The number of ether oxygens (including phenoxy) is 3. The van der Waals surface area contributed by atoms with E-state index in [1.54, 1.807) is 25.4 Å². The van der Waals surface area contributed by atoms with E-state index in [0.29, 0.717) is 55.0 Å². The van der Waals surface area contributed by atoms with Crippen LogP contribution in [0.5, 0.6) is 11.5 Å². The van der Waals surface area contributed by atoms with Crippen molar-refractivity contribution < 1.29 is 32.6 Å². The van der Waals surface area contributed by atoms with Crippen molar-refractivity contribution in [2.24, 2.45) is 5.41 Å². The third kappa shape index (κ3) is 6.89. The van der Waals surface area contributed by atoms with Gasteiger partial charge in [-0.15, -0.1) is 0 Å². The molecule has 44 heavy (non-hydrogen) atoms. The lowest BCUT2D eigenvalue weighted by molar-refractivity contribution is -0.142. The minimum absolute atomic E-state index is 0.0435. The van der Waals surface area contributed by atoms with Gasteiger partial charge in [0.2, 0.25) is 11.8 Å². The number of rotatable bonds is 13. The van der Waals surface area contributed by atoms with Crippen molar-refractivity contribution in [1.82, 2.24) is 10.3 Å². The maximum atomic E-state index is 15.3. The number of amides is 2. The van der Waals surface area contributed by atoms with Crippen molar-refractivity contribution in [2.45, 2.75) is 45.1 Å². The number of nitrogens with zero attached hydrogens (tertiary/aromatic N) is 1. The molecule has 1 aromatic heterocycles. The minimum Gasteiger partial charge on any atom is -0.498 e. The second kappa shape index (κ2) is 14.0. The van der Waals surface area contributed by atoms with E-state index in [9.17, 15) is 14.0 Å². The van der Waals surface area contributed by atoms with Crippen LogP contribution >= 0.6 is 0 Å². The standard InChI is InChI=1S/C33H36F2N4O5/c1-3-36-15-5-17-43-30-20-26-24(19-29(30)42-2)27(12-16-37-26)44-28-11-10-23(18-25(28)35)39-32(41)33(13-4-14-33)31(40)38-22-8-6-21(34)7-9-22/h6-12,16,18-19,30,36H,3-5,13-15,17,20H2,1-2H3,(H,38,40)(H,39,41)/t30-/m0/s1. The van der Waals surface area contributed by atoms with Gasteiger partial charge in [-0.1, -0.05) is 13.3 Å². The van der Waals surface area contributed by atoms with Gasteiger partial charge in [-0.3, -0.25) is 14.6 Å². The predicted molar refractivity (Wildman–Crippen MR) is 162 cm³/mol. The molecule has 0 saturated heterocycles. The van der Waals surface area contributed by atoms with Gasteiger partial charge < -0.3 is 30.2 Å². The zero-order valence-corrected chi connectivity index (χ0v) is 24.8. The van der Waals surface area contributed by atoms with E-state index in [0.717, 1.165) is 31.3 Å². The van der Waals surface area contributed by atoms with Crippen LogP contribution in [0.4, 0.5) is 20.2 Å². The number of benzene rings is 2. The molecule has 1 saturated carbocycles. The molecule has 11 heteroatoms. The Morgan fingerprint density at radius 2 is 1.73 bits per heavy atom. The summed E-state index contributed by atoms with van der Waals surface area (Å²) < 4.78 is 46.1. The number of aromatic nitrogens is 1.